The van der Waals surface area contributed by atoms with Gasteiger partial charge < -0.3 is 4.74 Å². The summed E-state index contributed by atoms with van der Waals surface area (Å²) in [5, 5.41) is -0.273. The Labute approximate surface area is 122 Å². The molecule has 1 aliphatic rings. The molecular formula is C14H27NO4S. The highest BCUT2D eigenvalue weighted by molar-refractivity contribution is 7.91. The molecule has 1 fully saturated rings. The summed E-state index contributed by atoms with van der Waals surface area (Å²) in [5.41, 5.74) is 0. The highest BCUT2D eigenvalue weighted by Gasteiger charge is 2.33. The summed E-state index contributed by atoms with van der Waals surface area (Å²) in [5.74, 6) is -0.234. The normalized spacial score (nSPS) is 24.1. The minimum absolute atomic E-state index is 0.146. The van der Waals surface area contributed by atoms with E-state index >= 15 is 0 Å². The van der Waals surface area contributed by atoms with Gasteiger partial charge in [-0.15, -0.1) is 0 Å². The van der Waals surface area contributed by atoms with Gasteiger partial charge in [-0.2, -0.15) is 0 Å². The first-order valence-corrected chi connectivity index (χ1v) is 9.31. The van der Waals surface area contributed by atoms with Gasteiger partial charge in [0.25, 0.3) is 0 Å². The van der Waals surface area contributed by atoms with Crippen molar-refractivity contribution in [2.45, 2.75) is 63.8 Å². The molecule has 0 bridgehead atoms. The summed E-state index contributed by atoms with van der Waals surface area (Å²) in [7, 11) is -3.00. The number of carbonyl (C=O) groups is 1. The summed E-state index contributed by atoms with van der Waals surface area (Å²) in [4.78, 5) is 13.8. The van der Waals surface area contributed by atoms with Crippen molar-refractivity contribution in [2.75, 3.05) is 19.4 Å². The Morgan fingerprint density at radius 1 is 1.35 bits per heavy atom. The minimum atomic E-state index is -3.00. The Morgan fingerprint density at radius 3 is 2.50 bits per heavy atom. The lowest BCUT2D eigenvalue weighted by atomic mass is 9.93. The molecule has 0 aromatic carbocycles. The summed E-state index contributed by atoms with van der Waals surface area (Å²) in [6, 6.07) is 0.343. The number of esters is 1. The minimum Gasteiger partial charge on any atom is -0.465 e. The molecule has 0 spiro atoms. The number of sulfone groups is 1. The van der Waals surface area contributed by atoms with Crippen LogP contribution in [0.4, 0.5) is 0 Å². The molecule has 20 heavy (non-hydrogen) atoms. The van der Waals surface area contributed by atoms with Crippen LogP contribution < -0.4 is 0 Å². The van der Waals surface area contributed by atoms with Crippen molar-refractivity contribution in [1.82, 2.24) is 4.90 Å². The van der Waals surface area contributed by atoms with Gasteiger partial charge in [0.05, 0.1) is 18.4 Å². The van der Waals surface area contributed by atoms with Crippen molar-refractivity contribution in [3.05, 3.63) is 0 Å². The van der Waals surface area contributed by atoms with Crippen molar-refractivity contribution in [1.29, 1.82) is 0 Å². The zero-order valence-corrected chi connectivity index (χ0v) is 13.8. The first kappa shape index (κ1) is 17.4. The molecule has 0 heterocycles. The summed E-state index contributed by atoms with van der Waals surface area (Å²) < 4.78 is 28.5. The van der Waals surface area contributed by atoms with Crippen LogP contribution >= 0.6 is 0 Å². The van der Waals surface area contributed by atoms with Gasteiger partial charge in [0, 0.05) is 18.3 Å². The Hall–Kier alpha value is -0.620. The molecule has 5 nitrogen and oxygen atoms in total. The zero-order valence-electron chi connectivity index (χ0n) is 13.0. The van der Waals surface area contributed by atoms with Gasteiger partial charge in [-0.1, -0.05) is 6.42 Å². The van der Waals surface area contributed by atoms with Crippen molar-refractivity contribution >= 4 is 15.8 Å². The van der Waals surface area contributed by atoms with Crippen LogP contribution in [-0.2, 0) is 19.4 Å². The third-order valence-corrected chi connectivity index (χ3v) is 5.59. The van der Waals surface area contributed by atoms with E-state index < -0.39 is 9.84 Å². The maximum Gasteiger partial charge on any atom is 0.320 e. The number of hydrogen-bond donors (Lipinski definition) is 0. The van der Waals surface area contributed by atoms with E-state index in [1.165, 1.54) is 6.26 Å². The van der Waals surface area contributed by atoms with Crippen LogP contribution in [0.2, 0.25) is 0 Å². The molecule has 0 aliphatic heterocycles. The standard InChI is InChI=1S/C14H27NO4S/c1-5-19-14(16)10-15(11(2)3)12-7-6-8-13(9-12)20(4,17)18/h11-13H,5-10H2,1-4H3. The van der Waals surface area contributed by atoms with Crippen LogP contribution in [0.3, 0.4) is 0 Å². The Bertz CT molecular complexity index is 419. The van der Waals surface area contributed by atoms with Crippen LogP contribution in [0.5, 0.6) is 0 Å². The molecule has 0 saturated heterocycles. The molecule has 6 heteroatoms. The smallest absolute Gasteiger partial charge is 0.320 e. The Morgan fingerprint density at radius 2 is 2.00 bits per heavy atom. The van der Waals surface area contributed by atoms with E-state index in [0.717, 1.165) is 19.3 Å². The third-order valence-electron chi connectivity index (χ3n) is 3.95. The predicted octanol–water partition coefficient (Wildman–Crippen LogP) is 1.62. The van der Waals surface area contributed by atoms with Gasteiger partial charge in [-0.3, -0.25) is 9.69 Å². The fourth-order valence-corrected chi connectivity index (χ4v) is 4.07. The van der Waals surface area contributed by atoms with Gasteiger partial charge in [0.1, 0.15) is 9.84 Å². The molecule has 0 radical (unpaired) electrons. The third kappa shape index (κ3) is 5.05. The average molecular weight is 305 g/mol. The van der Waals surface area contributed by atoms with Crippen LogP contribution in [0.1, 0.15) is 46.5 Å². The molecule has 1 saturated carbocycles. The van der Waals surface area contributed by atoms with Gasteiger partial charge in [-0.25, -0.2) is 8.42 Å². The second kappa shape index (κ2) is 7.41. The maximum atomic E-state index is 11.7. The van der Waals surface area contributed by atoms with Crippen LogP contribution in [0.15, 0.2) is 0 Å². The molecular weight excluding hydrogens is 278 g/mol. The van der Waals surface area contributed by atoms with E-state index in [1.54, 1.807) is 6.92 Å². The summed E-state index contributed by atoms with van der Waals surface area (Å²) in [6.45, 7) is 6.47. The van der Waals surface area contributed by atoms with Crippen molar-refractivity contribution < 1.29 is 17.9 Å². The average Bonchev–Trinajstić information content (AvgIpc) is 2.35. The van der Waals surface area contributed by atoms with Gasteiger partial charge in [0.2, 0.25) is 0 Å². The molecule has 1 aliphatic carbocycles. The van der Waals surface area contributed by atoms with Gasteiger partial charge in [-0.05, 0) is 40.0 Å². The van der Waals surface area contributed by atoms with E-state index in [2.05, 4.69) is 4.90 Å². The highest BCUT2D eigenvalue weighted by atomic mass is 32.2. The molecule has 1 rings (SSSR count). The van der Waals surface area contributed by atoms with Crippen LogP contribution in [0.25, 0.3) is 0 Å². The Kier molecular flexibility index (Phi) is 6.45. The van der Waals surface area contributed by atoms with E-state index in [-0.39, 0.29) is 29.8 Å². The fourth-order valence-electron chi connectivity index (χ4n) is 2.90. The van der Waals surface area contributed by atoms with Gasteiger partial charge >= 0.3 is 5.97 Å². The summed E-state index contributed by atoms with van der Waals surface area (Å²) in [6.07, 6.45) is 4.51. The lowest BCUT2D eigenvalue weighted by molar-refractivity contribution is -0.145. The van der Waals surface area contributed by atoms with Crippen molar-refractivity contribution in [3.63, 3.8) is 0 Å². The van der Waals surface area contributed by atoms with Crippen LogP contribution in [0, 0.1) is 0 Å². The quantitative estimate of drug-likeness (QED) is 0.698. The largest absolute Gasteiger partial charge is 0.465 e. The van der Waals surface area contributed by atoms with Crippen molar-refractivity contribution in [3.8, 4) is 0 Å². The van der Waals surface area contributed by atoms with E-state index in [1.807, 2.05) is 13.8 Å². The van der Waals surface area contributed by atoms with E-state index in [0.29, 0.717) is 13.0 Å². The molecule has 118 valence electrons. The van der Waals surface area contributed by atoms with Gasteiger partial charge in [0.15, 0.2) is 0 Å². The fraction of sp³-hybridized carbons (Fsp3) is 0.929. The molecule has 2 unspecified atom stereocenters. The number of ether oxygens (including phenoxy) is 1. The number of rotatable bonds is 6. The molecule has 0 N–H and O–H groups in total. The topological polar surface area (TPSA) is 63.7 Å². The number of carbonyl (C=O) groups excluding carboxylic acids is 1. The van der Waals surface area contributed by atoms with Crippen molar-refractivity contribution in [2.24, 2.45) is 0 Å². The second-order valence-corrected chi connectivity index (χ2v) is 8.17. The zero-order chi connectivity index (χ0) is 15.3. The Balaban J connectivity index is 2.74. The molecule has 0 aromatic heterocycles. The molecule has 0 aromatic rings. The highest BCUT2D eigenvalue weighted by Crippen LogP contribution is 2.28. The molecule has 2 atom stereocenters. The van der Waals surface area contributed by atoms with E-state index in [4.69, 9.17) is 4.74 Å². The second-order valence-electron chi connectivity index (χ2n) is 5.84. The molecule has 0 amide bonds. The summed E-state index contributed by atoms with van der Waals surface area (Å²) >= 11 is 0. The van der Waals surface area contributed by atoms with Crippen LogP contribution in [-0.4, -0.2) is 56.0 Å². The predicted molar refractivity (Wildman–Crippen MR) is 79.4 cm³/mol. The monoisotopic (exact) mass is 305 g/mol. The first-order valence-electron chi connectivity index (χ1n) is 7.36. The number of nitrogens with zero attached hydrogens (tertiary/aromatic N) is 1. The number of hydrogen-bond acceptors (Lipinski definition) is 5. The lowest BCUT2D eigenvalue weighted by Gasteiger charge is -2.38. The maximum absolute atomic E-state index is 11.7. The van der Waals surface area contributed by atoms with E-state index in [9.17, 15) is 13.2 Å². The lowest BCUT2D eigenvalue weighted by Crippen LogP contribution is -2.47. The first-order chi connectivity index (χ1) is 9.25. The SMILES string of the molecule is CCOC(=O)CN(C(C)C)C1CCCC(S(C)(=O)=O)C1.